The first-order valence-electron chi connectivity index (χ1n) is 10.5. The maximum Gasteiger partial charge on any atom is 0.222 e. The summed E-state index contributed by atoms with van der Waals surface area (Å²) in [5, 5.41) is 13.2. The molecule has 2 N–H and O–H groups in total. The Morgan fingerprint density at radius 2 is 1.93 bits per heavy atom. The molecule has 2 aromatic rings. The molecule has 0 spiro atoms. The van der Waals surface area contributed by atoms with Crippen molar-refractivity contribution in [1.82, 2.24) is 19.8 Å². The molecular formula is C22H29N5O. The number of nitrogens with one attached hydrogen (secondary N) is 1. The van der Waals surface area contributed by atoms with Gasteiger partial charge in [0, 0.05) is 55.6 Å². The number of likely N-dealkylation sites (tertiary alicyclic amines) is 1. The summed E-state index contributed by atoms with van der Waals surface area (Å²) in [7, 11) is 0. The summed E-state index contributed by atoms with van der Waals surface area (Å²) in [4.78, 5) is 14.3. The largest absolute Gasteiger partial charge is 0.508 e. The molecule has 1 aromatic heterocycles. The molecular weight excluding hydrogens is 350 g/mol. The quantitative estimate of drug-likeness (QED) is 0.833. The highest BCUT2D eigenvalue weighted by atomic mass is 16.3. The van der Waals surface area contributed by atoms with Gasteiger partial charge in [0.25, 0.3) is 0 Å². The van der Waals surface area contributed by atoms with Gasteiger partial charge in [-0.15, -0.1) is 0 Å². The van der Waals surface area contributed by atoms with E-state index in [0.717, 1.165) is 25.6 Å². The molecule has 28 heavy (non-hydrogen) atoms. The molecule has 0 radical (unpaired) electrons. The van der Waals surface area contributed by atoms with Crippen LogP contribution in [0.1, 0.15) is 36.8 Å². The second kappa shape index (κ2) is 7.33. The number of nitrogens with zero attached hydrogens (tertiary/aromatic N) is 4. The third kappa shape index (κ3) is 3.14. The summed E-state index contributed by atoms with van der Waals surface area (Å²) >= 11 is 0. The highest BCUT2D eigenvalue weighted by Gasteiger charge is 2.53. The predicted molar refractivity (Wildman–Crippen MR) is 109 cm³/mol. The molecule has 0 aliphatic carbocycles. The molecule has 6 heteroatoms. The van der Waals surface area contributed by atoms with E-state index in [2.05, 4.69) is 38.1 Å². The first-order chi connectivity index (χ1) is 13.7. The van der Waals surface area contributed by atoms with Gasteiger partial charge in [-0.25, -0.2) is 9.97 Å². The first-order valence-corrected chi connectivity index (χ1v) is 10.5. The zero-order valence-electron chi connectivity index (χ0n) is 16.5. The molecule has 0 saturated carbocycles. The number of benzene rings is 1. The fraction of sp³-hybridized carbons (Fsp3) is 0.545. The summed E-state index contributed by atoms with van der Waals surface area (Å²) in [5.74, 6) is 2.29. The molecule has 4 aliphatic rings. The van der Waals surface area contributed by atoms with Gasteiger partial charge in [-0.3, -0.25) is 9.80 Å². The van der Waals surface area contributed by atoms with E-state index >= 15 is 0 Å². The van der Waals surface area contributed by atoms with Crippen LogP contribution in [0, 0.1) is 5.92 Å². The monoisotopic (exact) mass is 379 g/mol. The number of piperidine rings is 3. The van der Waals surface area contributed by atoms with Crippen LogP contribution in [0.3, 0.4) is 0 Å². The number of anilines is 1. The van der Waals surface area contributed by atoms with Crippen LogP contribution in [0.2, 0.25) is 0 Å². The van der Waals surface area contributed by atoms with Crippen LogP contribution in [0.25, 0.3) is 0 Å². The third-order valence-electron chi connectivity index (χ3n) is 6.82. The molecule has 1 aromatic carbocycles. The maximum atomic E-state index is 10.0. The van der Waals surface area contributed by atoms with Crippen LogP contribution in [-0.2, 0) is 6.54 Å². The van der Waals surface area contributed by atoms with Crippen molar-refractivity contribution >= 4 is 5.95 Å². The summed E-state index contributed by atoms with van der Waals surface area (Å²) in [6, 6.07) is 9.03. The summed E-state index contributed by atoms with van der Waals surface area (Å²) in [6.45, 7) is 7.24. The minimum Gasteiger partial charge on any atom is -0.508 e. The lowest BCUT2D eigenvalue weighted by Crippen LogP contribution is -2.59. The molecule has 5 heterocycles. The molecule has 0 amide bonds. The molecule has 0 unspecified atom stereocenters. The van der Waals surface area contributed by atoms with E-state index in [1.807, 2.05) is 24.5 Å². The maximum absolute atomic E-state index is 10.0. The zero-order chi connectivity index (χ0) is 19.1. The zero-order valence-corrected chi connectivity index (χ0v) is 16.5. The minimum absolute atomic E-state index is 0.371. The SMILES string of the molecule is CCNc1ncc(CN2C[C@H](c3cccc(O)c3)[C@H]3[C@@H]2C2CCN3CC2)cn1. The van der Waals surface area contributed by atoms with Crippen molar-refractivity contribution in [3.63, 3.8) is 0 Å². The number of aromatic nitrogens is 2. The minimum atomic E-state index is 0.371. The number of hydrogen-bond acceptors (Lipinski definition) is 6. The summed E-state index contributed by atoms with van der Waals surface area (Å²) < 4.78 is 0. The van der Waals surface area contributed by atoms with Crippen molar-refractivity contribution in [2.75, 3.05) is 31.5 Å². The average molecular weight is 380 g/mol. The van der Waals surface area contributed by atoms with E-state index in [-0.39, 0.29) is 0 Å². The van der Waals surface area contributed by atoms with E-state index in [1.54, 1.807) is 6.07 Å². The second-order valence-electron chi connectivity index (χ2n) is 8.43. The van der Waals surface area contributed by atoms with Crippen molar-refractivity contribution in [2.24, 2.45) is 5.92 Å². The number of rotatable bonds is 5. The van der Waals surface area contributed by atoms with E-state index < -0.39 is 0 Å². The molecule has 4 fully saturated rings. The Bertz CT molecular complexity index is 818. The average Bonchev–Trinajstić information content (AvgIpc) is 3.12. The highest BCUT2D eigenvalue weighted by molar-refractivity contribution is 5.33. The molecule has 4 saturated heterocycles. The van der Waals surface area contributed by atoms with Gasteiger partial charge in [0.1, 0.15) is 5.75 Å². The lowest BCUT2D eigenvalue weighted by atomic mass is 9.75. The van der Waals surface area contributed by atoms with Crippen molar-refractivity contribution in [2.45, 2.75) is 44.3 Å². The van der Waals surface area contributed by atoms with Crippen molar-refractivity contribution in [3.8, 4) is 5.75 Å². The van der Waals surface area contributed by atoms with Gasteiger partial charge in [-0.1, -0.05) is 12.1 Å². The Balaban J connectivity index is 1.41. The Kier molecular flexibility index (Phi) is 4.69. The van der Waals surface area contributed by atoms with Gasteiger partial charge in [0.05, 0.1) is 0 Å². The van der Waals surface area contributed by atoms with Crippen LogP contribution in [0.4, 0.5) is 5.95 Å². The van der Waals surface area contributed by atoms with Crippen LogP contribution >= 0.6 is 0 Å². The number of hydrogen-bond donors (Lipinski definition) is 2. The molecule has 4 aliphatic heterocycles. The topological polar surface area (TPSA) is 64.5 Å². The Morgan fingerprint density at radius 3 is 2.64 bits per heavy atom. The standard InChI is InChI=1S/C22H29N5O/c1-2-23-22-24-11-15(12-25-22)13-27-14-19(17-4-3-5-18(28)10-17)21-20(27)16-6-8-26(21)9-7-16/h3-5,10-12,16,19-21,28H,2,6-9,13-14H2,1H3,(H,23,24,25)/t19-,20+,21+/m1/s1. The predicted octanol–water partition coefficient (Wildman–Crippen LogP) is 2.68. The fourth-order valence-electron chi connectivity index (χ4n) is 5.69. The van der Waals surface area contributed by atoms with Crippen LogP contribution < -0.4 is 5.32 Å². The molecule has 3 atom stereocenters. The lowest BCUT2D eigenvalue weighted by Gasteiger charge is -2.51. The molecule has 148 valence electrons. The Morgan fingerprint density at radius 1 is 1.14 bits per heavy atom. The van der Waals surface area contributed by atoms with Gasteiger partial charge in [-0.2, -0.15) is 0 Å². The van der Waals surface area contributed by atoms with Gasteiger partial charge >= 0.3 is 0 Å². The summed E-state index contributed by atoms with van der Waals surface area (Å²) in [5.41, 5.74) is 2.44. The van der Waals surface area contributed by atoms with Crippen LogP contribution in [0.15, 0.2) is 36.7 Å². The Labute approximate surface area is 166 Å². The van der Waals surface area contributed by atoms with Crippen molar-refractivity contribution in [3.05, 3.63) is 47.8 Å². The molecule has 6 rings (SSSR count). The van der Waals surface area contributed by atoms with Crippen molar-refractivity contribution < 1.29 is 5.11 Å². The van der Waals surface area contributed by atoms with Crippen LogP contribution in [0.5, 0.6) is 5.75 Å². The normalized spacial score (nSPS) is 31.7. The molecule has 2 bridgehead atoms. The first kappa shape index (κ1) is 17.9. The second-order valence-corrected chi connectivity index (χ2v) is 8.43. The number of aromatic hydroxyl groups is 1. The van der Waals surface area contributed by atoms with E-state index in [1.165, 1.54) is 37.1 Å². The third-order valence-corrected chi connectivity index (χ3v) is 6.82. The molecule has 6 nitrogen and oxygen atoms in total. The fourth-order valence-corrected chi connectivity index (χ4v) is 5.69. The summed E-state index contributed by atoms with van der Waals surface area (Å²) in [6.07, 6.45) is 6.53. The number of phenolic OH excluding ortho intramolecular Hbond substituents is 1. The van der Waals surface area contributed by atoms with E-state index in [9.17, 15) is 5.11 Å². The van der Waals surface area contributed by atoms with E-state index in [0.29, 0.717) is 29.7 Å². The Hall–Kier alpha value is -2.18. The number of fused-ring (bicyclic) bond motifs is 2. The lowest BCUT2D eigenvalue weighted by molar-refractivity contribution is -0.00874. The van der Waals surface area contributed by atoms with Gasteiger partial charge in [0.2, 0.25) is 5.95 Å². The number of phenols is 1. The highest BCUT2D eigenvalue weighted by Crippen LogP contribution is 2.47. The van der Waals surface area contributed by atoms with Crippen molar-refractivity contribution in [1.29, 1.82) is 0 Å². The van der Waals surface area contributed by atoms with E-state index in [4.69, 9.17) is 0 Å². The van der Waals surface area contributed by atoms with Gasteiger partial charge in [-0.05, 0) is 56.5 Å². The van der Waals surface area contributed by atoms with Crippen LogP contribution in [-0.4, -0.2) is 63.1 Å². The smallest absolute Gasteiger partial charge is 0.222 e. The van der Waals surface area contributed by atoms with Gasteiger partial charge in [0.15, 0.2) is 0 Å². The van der Waals surface area contributed by atoms with Gasteiger partial charge < -0.3 is 10.4 Å².